The zero-order valence-corrected chi connectivity index (χ0v) is 14.0. The molecule has 112 valence electrons. The molecule has 0 saturated carbocycles. The molecule has 21 heavy (non-hydrogen) atoms. The molecule has 2 aromatic carbocycles. The van der Waals surface area contributed by atoms with Crippen molar-refractivity contribution in [2.45, 2.75) is 17.4 Å². The maximum Gasteiger partial charge on any atom is 0.129 e. The SMILES string of the molecule is CNC(CSc1ccc(Br)cc1)Cc1ccc(F)cc1F. The summed E-state index contributed by atoms with van der Waals surface area (Å²) in [6.07, 6.45) is 0.534. The van der Waals surface area contributed by atoms with Crippen LogP contribution in [0.1, 0.15) is 5.56 Å². The largest absolute Gasteiger partial charge is 0.316 e. The Balaban J connectivity index is 1.95. The maximum absolute atomic E-state index is 13.7. The molecule has 2 rings (SSSR count). The topological polar surface area (TPSA) is 12.0 Å². The molecule has 0 heterocycles. The predicted molar refractivity (Wildman–Crippen MR) is 87.8 cm³/mol. The molecule has 0 radical (unpaired) electrons. The third-order valence-electron chi connectivity index (χ3n) is 3.15. The van der Waals surface area contributed by atoms with Gasteiger partial charge in [-0.15, -0.1) is 11.8 Å². The lowest BCUT2D eigenvalue weighted by atomic mass is 10.1. The molecule has 1 atom stereocenters. The summed E-state index contributed by atoms with van der Waals surface area (Å²) in [5.74, 6) is -0.208. The summed E-state index contributed by atoms with van der Waals surface area (Å²) in [5, 5.41) is 3.18. The van der Waals surface area contributed by atoms with E-state index in [1.54, 1.807) is 11.8 Å². The van der Waals surface area contributed by atoms with Gasteiger partial charge >= 0.3 is 0 Å². The zero-order valence-electron chi connectivity index (χ0n) is 11.6. The fourth-order valence-corrected chi connectivity index (χ4v) is 3.20. The highest BCUT2D eigenvalue weighted by atomic mass is 79.9. The van der Waals surface area contributed by atoms with Crippen molar-refractivity contribution in [3.63, 3.8) is 0 Å². The van der Waals surface area contributed by atoms with Gasteiger partial charge in [-0.25, -0.2) is 8.78 Å². The molecule has 0 aliphatic rings. The molecule has 2 aromatic rings. The van der Waals surface area contributed by atoms with Crippen molar-refractivity contribution in [3.8, 4) is 0 Å². The minimum atomic E-state index is -0.540. The Bertz CT molecular complexity index is 589. The number of halogens is 3. The summed E-state index contributed by atoms with van der Waals surface area (Å²) < 4.78 is 27.6. The first-order valence-electron chi connectivity index (χ1n) is 6.58. The third-order valence-corrected chi connectivity index (χ3v) is 4.86. The van der Waals surface area contributed by atoms with Crippen LogP contribution in [-0.4, -0.2) is 18.8 Å². The monoisotopic (exact) mass is 371 g/mol. The van der Waals surface area contributed by atoms with E-state index in [0.717, 1.165) is 21.2 Å². The van der Waals surface area contributed by atoms with E-state index in [4.69, 9.17) is 0 Å². The summed E-state index contributed by atoms with van der Waals surface area (Å²) in [4.78, 5) is 1.16. The maximum atomic E-state index is 13.7. The Labute approximate surface area is 136 Å². The van der Waals surface area contributed by atoms with Gasteiger partial charge in [-0.1, -0.05) is 22.0 Å². The standard InChI is InChI=1S/C16H16BrF2NS/c1-20-14(8-11-2-5-13(18)9-16(11)19)10-21-15-6-3-12(17)4-7-15/h2-7,9,14,20H,8,10H2,1H3. The van der Waals surface area contributed by atoms with Crippen LogP contribution in [0.5, 0.6) is 0 Å². The van der Waals surface area contributed by atoms with E-state index in [-0.39, 0.29) is 6.04 Å². The van der Waals surface area contributed by atoms with Gasteiger partial charge in [0, 0.05) is 27.2 Å². The van der Waals surface area contributed by atoms with Gasteiger partial charge < -0.3 is 5.32 Å². The summed E-state index contributed by atoms with van der Waals surface area (Å²) in [5.41, 5.74) is 0.534. The van der Waals surface area contributed by atoms with Crippen LogP contribution >= 0.6 is 27.7 Å². The molecule has 0 amide bonds. The van der Waals surface area contributed by atoms with Crippen molar-refractivity contribution in [2.75, 3.05) is 12.8 Å². The summed E-state index contributed by atoms with van der Waals surface area (Å²) >= 11 is 5.11. The third kappa shape index (κ3) is 5.09. The molecule has 1 nitrogen and oxygen atoms in total. The van der Waals surface area contributed by atoms with Gasteiger partial charge in [0.05, 0.1) is 0 Å². The van der Waals surface area contributed by atoms with Crippen LogP contribution in [0.4, 0.5) is 8.78 Å². The molecule has 1 N–H and O–H groups in total. The van der Waals surface area contributed by atoms with Crippen molar-refractivity contribution in [1.82, 2.24) is 5.32 Å². The molecular formula is C16H16BrF2NS. The van der Waals surface area contributed by atoms with E-state index in [0.29, 0.717) is 12.0 Å². The molecule has 0 aromatic heterocycles. The number of hydrogen-bond donors (Lipinski definition) is 1. The first-order valence-corrected chi connectivity index (χ1v) is 8.36. The van der Waals surface area contributed by atoms with E-state index >= 15 is 0 Å². The predicted octanol–water partition coefficient (Wildman–Crippen LogP) is 4.65. The van der Waals surface area contributed by atoms with Gasteiger partial charge in [-0.3, -0.25) is 0 Å². The van der Waals surface area contributed by atoms with Crippen LogP contribution < -0.4 is 5.32 Å². The Kier molecular flexibility index (Phi) is 6.21. The molecule has 5 heteroatoms. The lowest BCUT2D eigenvalue weighted by Crippen LogP contribution is -2.30. The highest BCUT2D eigenvalue weighted by Crippen LogP contribution is 2.22. The number of likely N-dealkylation sites (N-methyl/N-ethyl adjacent to an activating group) is 1. The van der Waals surface area contributed by atoms with Crippen LogP contribution in [0.25, 0.3) is 0 Å². The number of benzene rings is 2. The van der Waals surface area contributed by atoms with Gasteiger partial charge in [-0.2, -0.15) is 0 Å². The average Bonchev–Trinajstić information content (AvgIpc) is 2.47. The quantitative estimate of drug-likeness (QED) is 0.741. The number of hydrogen-bond acceptors (Lipinski definition) is 2. The summed E-state index contributed by atoms with van der Waals surface area (Å²) in [7, 11) is 1.86. The van der Waals surface area contributed by atoms with Crippen LogP contribution in [0, 0.1) is 11.6 Å². The molecule has 1 unspecified atom stereocenters. The molecule has 0 saturated heterocycles. The summed E-state index contributed by atoms with van der Waals surface area (Å²) in [6.45, 7) is 0. The van der Waals surface area contributed by atoms with Gasteiger partial charge in [-0.05, 0) is 49.4 Å². The van der Waals surface area contributed by atoms with Crippen molar-refractivity contribution >= 4 is 27.7 Å². The minimum Gasteiger partial charge on any atom is -0.316 e. The Morgan fingerprint density at radius 1 is 1.14 bits per heavy atom. The van der Waals surface area contributed by atoms with Crippen molar-refractivity contribution in [2.24, 2.45) is 0 Å². The molecule has 0 spiro atoms. The fourth-order valence-electron chi connectivity index (χ4n) is 1.92. The Hall–Kier alpha value is -0.910. The average molecular weight is 372 g/mol. The van der Waals surface area contributed by atoms with Crippen LogP contribution in [-0.2, 0) is 6.42 Å². The number of thioether (sulfide) groups is 1. The second-order valence-corrected chi connectivity index (χ2v) is 6.70. The van der Waals surface area contributed by atoms with Crippen LogP contribution in [0.15, 0.2) is 51.8 Å². The van der Waals surface area contributed by atoms with Crippen molar-refractivity contribution < 1.29 is 8.78 Å². The van der Waals surface area contributed by atoms with Gasteiger partial charge in [0.1, 0.15) is 11.6 Å². The van der Waals surface area contributed by atoms with Crippen molar-refractivity contribution in [3.05, 3.63) is 64.1 Å². The second kappa shape index (κ2) is 7.92. The Morgan fingerprint density at radius 3 is 2.48 bits per heavy atom. The second-order valence-electron chi connectivity index (χ2n) is 4.69. The first-order chi connectivity index (χ1) is 10.1. The molecule has 0 aliphatic heterocycles. The smallest absolute Gasteiger partial charge is 0.129 e. The van der Waals surface area contributed by atoms with E-state index in [2.05, 4.69) is 21.2 Å². The lowest BCUT2D eigenvalue weighted by molar-refractivity contribution is 0.550. The van der Waals surface area contributed by atoms with E-state index in [1.165, 1.54) is 12.1 Å². The number of rotatable bonds is 6. The normalized spacial score (nSPS) is 12.4. The highest BCUT2D eigenvalue weighted by molar-refractivity contribution is 9.10. The summed E-state index contributed by atoms with van der Waals surface area (Å²) in [6, 6.07) is 11.9. The highest BCUT2D eigenvalue weighted by Gasteiger charge is 2.12. The van der Waals surface area contributed by atoms with Gasteiger partial charge in [0.2, 0.25) is 0 Å². The molecule has 0 aliphatic carbocycles. The van der Waals surface area contributed by atoms with Gasteiger partial charge in [0.25, 0.3) is 0 Å². The fraction of sp³-hybridized carbons (Fsp3) is 0.250. The van der Waals surface area contributed by atoms with Crippen LogP contribution in [0.2, 0.25) is 0 Å². The van der Waals surface area contributed by atoms with Gasteiger partial charge in [0.15, 0.2) is 0 Å². The minimum absolute atomic E-state index is 0.124. The Morgan fingerprint density at radius 2 is 1.86 bits per heavy atom. The lowest BCUT2D eigenvalue weighted by Gasteiger charge is -2.16. The molecule has 0 bridgehead atoms. The molecular weight excluding hydrogens is 356 g/mol. The van der Waals surface area contributed by atoms with E-state index < -0.39 is 11.6 Å². The first kappa shape index (κ1) is 16.5. The van der Waals surface area contributed by atoms with E-state index in [1.807, 2.05) is 31.3 Å². The van der Waals surface area contributed by atoms with E-state index in [9.17, 15) is 8.78 Å². The number of nitrogens with one attached hydrogen (secondary N) is 1. The molecule has 0 fully saturated rings. The van der Waals surface area contributed by atoms with Crippen molar-refractivity contribution in [1.29, 1.82) is 0 Å². The van der Waals surface area contributed by atoms with Crippen LogP contribution in [0.3, 0.4) is 0 Å². The zero-order chi connectivity index (χ0) is 15.2.